The van der Waals surface area contributed by atoms with Crippen molar-refractivity contribution in [2.24, 2.45) is 0 Å². The summed E-state index contributed by atoms with van der Waals surface area (Å²) in [6.45, 7) is 6.45. The lowest BCUT2D eigenvalue weighted by atomic mass is 10.0. The summed E-state index contributed by atoms with van der Waals surface area (Å²) in [6.07, 6.45) is 12.9. The van der Waals surface area contributed by atoms with Crippen LogP contribution in [0.25, 0.3) is 0 Å². The van der Waals surface area contributed by atoms with Crippen LogP contribution < -0.4 is 9.47 Å². The topological polar surface area (TPSA) is 44.2 Å². The zero-order chi connectivity index (χ0) is 21.9. The quantitative estimate of drug-likeness (QED) is 0.451. The van der Waals surface area contributed by atoms with E-state index >= 15 is 0 Å². The zero-order valence-electron chi connectivity index (χ0n) is 17.7. The fourth-order valence-corrected chi connectivity index (χ4v) is 3.00. The normalized spacial score (nSPS) is 16.3. The van der Waals surface area contributed by atoms with Gasteiger partial charge in [0, 0.05) is 18.9 Å². The molecule has 0 saturated carbocycles. The molecule has 1 atom stereocenters. The summed E-state index contributed by atoms with van der Waals surface area (Å²) < 4.78 is 25.6. The lowest BCUT2D eigenvalue weighted by Gasteiger charge is -2.14. The van der Waals surface area contributed by atoms with Crippen LogP contribution in [-0.2, 0) is 13.0 Å². The monoisotopic (exact) mass is 418 g/mol. The molecule has 2 aromatic rings. The van der Waals surface area contributed by atoms with Gasteiger partial charge in [0.1, 0.15) is 19.4 Å². The summed E-state index contributed by atoms with van der Waals surface area (Å²) in [5.74, 6) is 0.810. The van der Waals surface area contributed by atoms with Crippen molar-refractivity contribution < 1.29 is 13.9 Å². The minimum Gasteiger partial charge on any atom is -0.483 e. The van der Waals surface area contributed by atoms with Crippen LogP contribution >= 0.6 is 0 Å². The maximum Gasteiger partial charge on any atom is 0.276 e. The summed E-state index contributed by atoms with van der Waals surface area (Å²) >= 11 is 0. The van der Waals surface area contributed by atoms with Gasteiger partial charge in [0.2, 0.25) is 0 Å². The molecule has 1 aliphatic rings. The number of nitrogens with zero attached hydrogens (tertiary/aromatic N) is 2. The van der Waals surface area contributed by atoms with E-state index < -0.39 is 6.17 Å². The van der Waals surface area contributed by atoms with E-state index in [1.54, 1.807) is 18.2 Å². The second-order valence-electron chi connectivity index (χ2n) is 7.11. The molecule has 1 heterocycles. The number of ether oxygens (including phenoxy) is 2. The highest BCUT2D eigenvalue weighted by Gasteiger charge is 2.14. The Balaban J connectivity index is 1.79. The van der Waals surface area contributed by atoms with Crippen molar-refractivity contribution in [2.75, 3.05) is 6.61 Å². The van der Waals surface area contributed by atoms with E-state index in [0.717, 1.165) is 16.7 Å². The zero-order valence-corrected chi connectivity index (χ0v) is 17.7. The molecule has 160 valence electrons. The van der Waals surface area contributed by atoms with Gasteiger partial charge < -0.3 is 9.47 Å². The van der Waals surface area contributed by atoms with Crippen molar-refractivity contribution in [3.63, 3.8) is 0 Å². The first-order valence-corrected chi connectivity index (χ1v) is 10.3. The highest BCUT2D eigenvalue weighted by Crippen LogP contribution is 2.27. The third-order valence-corrected chi connectivity index (χ3v) is 4.63. The summed E-state index contributed by atoms with van der Waals surface area (Å²) in [4.78, 5) is 0. The predicted octanol–water partition coefficient (Wildman–Crippen LogP) is 5.89. The molecular weight excluding hydrogens is 391 g/mol. The fraction of sp³-hybridized carbons (Fsp3) is 0.231. The number of alkyl halides is 1. The van der Waals surface area contributed by atoms with Gasteiger partial charge in [-0.25, -0.2) is 4.39 Å². The molecular formula is C26H27FN2O2. The van der Waals surface area contributed by atoms with Gasteiger partial charge in [-0.2, -0.15) is 5.10 Å². The Hall–Kier alpha value is -3.47. The van der Waals surface area contributed by atoms with Gasteiger partial charge >= 0.3 is 0 Å². The maximum absolute atomic E-state index is 13.7. The molecule has 4 nitrogen and oxygen atoms in total. The molecule has 1 unspecified atom stereocenters. The molecule has 0 spiro atoms. The number of hydrogen-bond acceptors (Lipinski definition) is 4. The van der Waals surface area contributed by atoms with Crippen LogP contribution in [-0.4, -0.2) is 23.0 Å². The number of rotatable bonds is 10. The lowest BCUT2D eigenvalue weighted by molar-refractivity contribution is 0.258. The first kappa shape index (κ1) is 22.2. The largest absolute Gasteiger partial charge is 0.483 e. The Morgan fingerprint density at radius 2 is 2.06 bits per heavy atom. The molecule has 0 radical (unpaired) electrons. The van der Waals surface area contributed by atoms with Crippen molar-refractivity contribution in [3.05, 3.63) is 108 Å². The second-order valence-corrected chi connectivity index (χ2v) is 7.11. The minimum absolute atomic E-state index is 0.315. The minimum atomic E-state index is -0.955. The van der Waals surface area contributed by atoms with Crippen LogP contribution in [0.2, 0.25) is 0 Å². The molecule has 31 heavy (non-hydrogen) atoms. The molecule has 0 amide bonds. The van der Waals surface area contributed by atoms with Gasteiger partial charge in [0.05, 0.1) is 5.69 Å². The second kappa shape index (κ2) is 11.6. The molecule has 0 aliphatic heterocycles. The highest BCUT2D eigenvalue weighted by atomic mass is 19.1. The van der Waals surface area contributed by atoms with Crippen molar-refractivity contribution >= 4 is 0 Å². The van der Waals surface area contributed by atoms with Gasteiger partial charge in [-0.3, -0.25) is 0 Å². The van der Waals surface area contributed by atoms with Crippen molar-refractivity contribution in [2.45, 2.75) is 32.5 Å². The molecule has 1 aliphatic carbocycles. The average molecular weight is 419 g/mol. The van der Waals surface area contributed by atoms with E-state index in [9.17, 15) is 4.39 Å². The summed E-state index contributed by atoms with van der Waals surface area (Å²) in [5, 5.41) is 8.51. The molecule has 1 aromatic heterocycles. The lowest BCUT2D eigenvalue weighted by Crippen LogP contribution is -2.08. The Morgan fingerprint density at radius 3 is 2.81 bits per heavy atom. The molecule has 1 aromatic carbocycles. The van der Waals surface area contributed by atoms with Crippen LogP contribution in [0.3, 0.4) is 0 Å². The first-order valence-electron chi connectivity index (χ1n) is 10.3. The first-order chi connectivity index (χ1) is 15.2. The van der Waals surface area contributed by atoms with Crippen LogP contribution in [0.4, 0.5) is 4.39 Å². The number of hydrogen-bond donors (Lipinski definition) is 0. The summed E-state index contributed by atoms with van der Waals surface area (Å²) in [5.41, 5.74) is 3.50. The van der Waals surface area contributed by atoms with Crippen LogP contribution in [0, 0.1) is 0 Å². The van der Waals surface area contributed by atoms with Crippen molar-refractivity contribution in [1.82, 2.24) is 10.2 Å². The van der Waals surface area contributed by atoms with Crippen LogP contribution in [0.15, 0.2) is 96.7 Å². The van der Waals surface area contributed by atoms with Gasteiger partial charge in [-0.1, -0.05) is 73.4 Å². The maximum atomic E-state index is 13.7. The fourth-order valence-electron chi connectivity index (χ4n) is 3.00. The van der Waals surface area contributed by atoms with E-state index in [0.29, 0.717) is 43.4 Å². The number of allylic oxidation sites excluding steroid dienone is 7. The van der Waals surface area contributed by atoms with Crippen molar-refractivity contribution in [3.8, 4) is 11.6 Å². The third-order valence-electron chi connectivity index (χ3n) is 4.63. The van der Waals surface area contributed by atoms with Gasteiger partial charge in [-0.15, -0.1) is 5.10 Å². The molecule has 5 heteroatoms. The van der Waals surface area contributed by atoms with E-state index in [1.807, 2.05) is 67.6 Å². The van der Waals surface area contributed by atoms with E-state index in [-0.39, 0.29) is 0 Å². The van der Waals surface area contributed by atoms with E-state index in [2.05, 4.69) is 16.8 Å². The van der Waals surface area contributed by atoms with Gasteiger partial charge in [-0.05, 0) is 29.7 Å². The predicted molar refractivity (Wildman–Crippen MR) is 122 cm³/mol. The Bertz CT molecular complexity index is 994. The molecule has 3 rings (SSSR count). The van der Waals surface area contributed by atoms with Gasteiger partial charge in [0.15, 0.2) is 5.75 Å². The molecule has 0 fully saturated rings. The van der Waals surface area contributed by atoms with Crippen LogP contribution in [0.1, 0.15) is 24.6 Å². The van der Waals surface area contributed by atoms with Crippen molar-refractivity contribution in [1.29, 1.82) is 0 Å². The number of aromatic nitrogens is 2. The summed E-state index contributed by atoms with van der Waals surface area (Å²) in [6, 6.07) is 11.6. The average Bonchev–Trinajstić information content (AvgIpc) is 2.79. The number of benzene rings is 1. The summed E-state index contributed by atoms with van der Waals surface area (Å²) in [7, 11) is 0. The Labute approximate surface area is 183 Å². The van der Waals surface area contributed by atoms with Gasteiger partial charge in [0.25, 0.3) is 5.88 Å². The third kappa shape index (κ3) is 7.07. The highest BCUT2D eigenvalue weighted by molar-refractivity contribution is 5.38. The van der Waals surface area contributed by atoms with Crippen LogP contribution in [0.5, 0.6) is 11.6 Å². The number of halogens is 1. The molecule has 0 saturated heterocycles. The molecule has 0 bridgehead atoms. The standard InChI is InChI=1S/C26H27FN2O2/c1-3-5-10-20(4-2)18-30-25-17-24(16-22-13-9-14-23(27)15-22)28-29-26(25)31-19-21-11-7-6-8-12-21/h3-13,15,17,23H,2,14,16,18-19H2,1H3/b5-3-,20-10+. The SMILES string of the molecule is C=C/C(=C\C=C/C)COc1cc(CC2=CC(F)CC=C2)nnc1OCc1ccccc1. The smallest absolute Gasteiger partial charge is 0.276 e. The Kier molecular flexibility index (Phi) is 8.35. The Morgan fingerprint density at radius 1 is 1.23 bits per heavy atom. The van der Waals surface area contributed by atoms with E-state index in [4.69, 9.17) is 9.47 Å². The molecule has 0 N–H and O–H groups in total. The van der Waals surface area contributed by atoms with E-state index in [1.165, 1.54) is 0 Å².